The van der Waals surface area contributed by atoms with Crippen molar-refractivity contribution >= 4 is 22.0 Å². The Morgan fingerprint density at radius 3 is 2.78 bits per heavy atom. The molecule has 130 valence electrons. The predicted octanol–water partition coefficient (Wildman–Crippen LogP) is 3.75. The molecule has 1 aromatic rings. The van der Waals surface area contributed by atoms with Crippen LogP contribution in [0.5, 0.6) is 0 Å². The highest BCUT2D eigenvalue weighted by molar-refractivity contribution is 9.10. The first-order chi connectivity index (χ1) is 10.8. The fourth-order valence-corrected chi connectivity index (χ4v) is 3.22. The van der Waals surface area contributed by atoms with Gasteiger partial charge in [0.25, 0.3) is 0 Å². The molecular formula is C16H26BrN3O3. The molecule has 0 N–H and O–H groups in total. The highest BCUT2D eigenvalue weighted by atomic mass is 79.9. The quantitative estimate of drug-likeness (QED) is 0.721. The van der Waals surface area contributed by atoms with Gasteiger partial charge in [0, 0.05) is 20.3 Å². The average molecular weight is 388 g/mol. The van der Waals surface area contributed by atoms with Gasteiger partial charge in [-0.15, -0.1) is 0 Å². The average Bonchev–Trinajstić information content (AvgIpc) is 2.82. The van der Waals surface area contributed by atoms with Crippen LogP contribution >= 0.6 is 15.9 Å². The van der Waals surface area contributed by atoms with E-state index in [9.17, 15) is 4.79 Å². The van der Waals surface area contributed by atoms with Crippen molar-refractivity contribution in [1.29, 1.82) is 0 Å². The van der Waals surface area contributed by atoms with Crippen molar-refractivity contribution in [3.8, 4) is 0 Å². The van der Waals surface area contributed by atoms with Crippen LogP contribution in [0.25, 0.3) is 0 Å². The SMILES string of the molecule is COCCCC[C@H]1c2cc(Br)nn2CCN1C(=O)OC(C)(C)C. The van der Waals surface area contributed by atoms with Gasteiger partial charge >= 0.3 is 6.09 Å². The van der Waals surface area contributed by atoms with Crippen LogP contribution in [0.4, 0.5) is 4.79 Å². The van der Waals surface area contributed by atoms with Crippen molar-refractivity contribution in [2.45, 2.75) is 58.2 Å². The summed E-state index contributed by atoms with van der Waals surface area (Å²) in [5.41, 5.74) is 0.571. The van der Waals surface area contributed by atoms with Gasteiger partial charge in [-0.25, -0.2) is 4.79 Å². The Balaban J connectivity index is 2.14. The Bertz CT molecular complexity index is 539. The summed E-state index contributed by atoms with van der Waals surface area (Å²) >= 11 is 3.43. The molecule has 23 heavy (non-hydrogen) atoms. The number of carbonyl (C=O) groups excluding carboxylic acids is 1. The topological polar surface area (TPSA) is 56.6 Å². The van der Waals surface area contributed by atoms with Crippen LogP contribution in [0.1, 0.15) is 51.8 Å². The Kier molecular flexibility index (Phi) is 6.08. The first kappa shape index (κ1) is 18.3. The van der Waals surface area contributed by atoms with Crippen LogP contribution in [-0.2, 0) is 16.0 Å². The molecule has 0 saturated heterocycles. The Morgan fingerprint density at radius 1 is 1.39 bits per heavy atom. The van der Waals surface area contributed by atoms with E-state index in [1.807, 2.05) is 36.4 Å². The highest BCUT2D eigenvalue weighted by Crippen LogP contribution is 2.32. The first-order valence-corrected chi connectivity index (χ1v) is 8.83. The number of carbonyl (C=O) groups is 1. The zero-order valence-electron chi connectivity index (χ0n) is 14.3. The van der Waals surface area contributed by atoms with Gasteiger partial charge in [-0.1, -0.05) is 0 Å². The van der Waals surface area contributed by atoms with E-state index < -0.39 is 5.60 Å². The molecule has 1 aliphatic rings. The Labute approximate surface area is 146 Å². The minimum Gasteiger partial charge on any atom is -0.444 e. The number of aromatic nitrogens is 2. The maximum Gasteiger partial charge on any atom is 0.410 e. The molecule has 2 rings (SSSR count). The number of amides is 1. The standard InChI is InChI=1S/C16H26BrN3O3/c1-16(2,3)23-15(21)19-8-9-20-13(11-14(17)18-20)12(19)7-5-6-10-22-4/h11-12H,5-10H2,1-4H3/t12-/m0/s1. The molecule has 1 amide bonds. The Hall–Kier alpha value is -1.08. The lowest BCUT2D eigenvalue weighted by Crippen LogP contribution is -2.44. The molecule has 0 unspecified atom stereocenters. The zero-order valence-corrected chi connectivity index (χ0v) is 15.9. The highest BCUT2D eigenvalue weighted by Gasteiger charge is 2.34. The third kappa shape index (κ3) is 4.94. The lowest BCUT2D eigenvalue weighted by molar-refractivity contribution is 0.00843. The van der Waals surface area contributed by atoms with E-state index in [0.29, 0.717) is 13.1 Å². The molecular weight excluding hydrogens is 362 g/mol. The van der Waals surface area contributed by atoms with Crippen molar-refractivity contribution in [3.05, 3.63) is 16.4 Å². The third-order valence-corrected chi connectivity index (χ3v) is 4.14. The summed E-state index contributed by atoms with van der Waals surface area (Å²) in [6, 6.07) is 1.99. The number of rotatable bonds is 5. The summed E-state index contributed by atoms with van der Waals surface area (Å²) in [4.78, 5) is 14.4. The molecule has 7 heteroatoms. The molecule has 6 nitrogen and oxygen atoms in total. The molecule has 0 bridgehead atoms. The smallest absolute Gasteiger partial charge is 0.410 e. The van der Waals surface area contributed by atoms with Crippen LogP contribution in [-0.4, -0.2) is 46.6 Å². The number of nitrogens with zero attached hydrogens (tertiary/aromatic N) is 3. The Morgan fingerprint density at radius 2 is 2.13 bits per heavy atom. The number of hydrogen-bond donors (Lipinski definition) is 0. The first-order valence-electron chi connectivity index (χ1n) is 8.03. The summed E-state index contributed by atoms with van der Waals surface area (Å²) in [7, 11) is 1.71. The number of hydrogen-bond acceptors (Lipinski definition) is 4. The normalized spacial score (nSPS) is 18.0. The van der Waals surface area contributed by atoms with Gasteiger partial charge in [0.1, 0.15) is 10.2 Å². The zero-order chi connectivity index (χ0) is 17.0. The fourth-order valence-electron chi connectivity index (χ4n) is 2.79. The summed E-state index contributed by atoms with van der Waals surface area (Å²) in [5.74, 6) is 0. The van der Waals surface area contributed by atoms with E-state index in [1.165, 1.54) is 0 Å². The van der Waals surface area contributed by atoms with Crippen molar-refractivity contribution in [3.63, 3.8) is 0 Å². The molecule has 1 aromatic heterocycles. The number of halogens is 1. The van der Waals surface area contributed by atoms with Crippen molar-refractivity contribution < 1.29 is 14.3 Å². The third-order valence-electron chi connectivity index (χ3n) is 3.76. The summed E-state index contributed by atoms with van der Waals surface area (Å²) < 4.78 is 13.5. The van der Waals surface area contributed by atoms with Crippen molar-refractivity contribution in [1.82, 2.24) is 14.7 Å². The van der Waals surface area contributed by atoms with Gasteiger partial charge in [-0.3, -0.25) is 9.58 Å². The molecule has 2 heterocycles. The predicted molar refractivity (Wildman–Crippen MR) is 91.3 cm³/mol. The minimum atomic E-state index is -0.490. The van der Waals surface area contributed by atoms with Crippen LogP contribution in [0.15, 0.2) is 10.7 Å². The van der Waals surface area contributed by atoms with E-state index in [-0.39, 0.29) is 12.1 Å². The molecule has 1 atom stereocenters. The summed E-state index contributed by atoms with van der Waals surface area (Å²) in [6.07, 6.45) is 2.59. The van der Waals surface area contributed by atoms with Gasteiger partial charge in [0.2, 0.25) is 0 Å². The second kappa shape index (κ2) is 7.66. The van der Waals surface area contributed by atoms with E-state index in [4.69, 9.17) is 9.47 Å². The summed E-state index contributed by atoms with van der Waals surface area (Å²) in [5, 5.41) is 4.44. The van der Waals surface area contributed by atoms with E-state index in [0.717, 1.165) is 36.2 Å². The maximum atomic E-state index is 12.6. The lowest BCUT2D eigenvalue weighted by Gasteiger charge is -2.37. The molecule has 0 aromatic carbocycles. The molecule has 0 saturated carbocycles. The van der Waals surface area contributed by atoms with Crippen LogP contribution in [0, 0.1) is 0 Å². The molecule has 0 aliphatic carbocycles. The second-order valence-corrected chi connectivity index (χ2v) is 7.61. The molecule has 0 radical (unpaired) electrons. The van der Waals surface area contributed by atoms with Crippen LogP contribution in [0.3, 0.4) is 0 Å². The lowest BCUT2D eigenvalue weighted by atomic mass is 10.0. The van der Waals surface area contributed by atoms with Gasteiger partial charge in [-0.05, 0) is 62.0 Å². The van der Waals surface area contributed by atoms with Gasteiger partial charge < -0.3 is 9.47 Å². The fraction of sp³-hybridized carbons (Fsp3) is 0.750. The monoisotopic (exact) mass is 387 g/mol. The number of ether oxygens (including phenoxy) is 2. The van der Waals surface area contributed by atoms with Crippen molar-refractivity contribution in [2.24, 2.45) is 0 Å². The van der Waals surface area contributed by atoms with Gasteiger partial charge in [0.15, 0.2) is 0 Å². The molecule has 0 fully saturated rings. The molecule has 0 spiro atoms. The van der Waals surface area contributed by atoms with Gasteiger partial charge in [-0.2, -0.15) is 5.10 Å². The van der Waals surface area contributed by atoms with Crippen LogP contribution < -0.4 is 0 Å². The maximum absolute atomic E-state index is 12.6. The van der Waals surface area contributed by atoms with Gasteiger partial charge in [0.05, 0.1) is 18.3 Å². The second-order valence-electron chi connectivity index (χ2n) is 6.79. The number of methoxy groups -OCH3 is 1. The minimum absolute atomic E-state index is 0.00532. The molecule has 1 aliphatic heterocycles. The number of unbranched alkanes of at least 4 members (excludes halogenated alkanes) is 1. The van der Waals surface area contributed by atoms with E-state index >= 15 is 0 Å². The summed E-state index contributed by atoms with van der Waals surface area (Å²) in [6.45, 7) is 7.72. The number of fused-ring (bicyclic) bond motifs is 1. The largest absolute Gasteiger partial charge is 0.444 e. The van der Waals surface area contributed by atoms with Crippen LogP contribution in [0.2, 0.25) is 0 Å². The van der Waals surface area contributed by atoms with E-state index in [2.05, 4.69) is 21.0 Å². The van der Waals surface area contributed by atoms with E-state index in [1.54, 1.807) is 7.11 Å². The van der Waals surface area contributed by atoms with Crippen molar-refractivity contribution in [2.75, 3.05) is 20.3 Å².